The van der Waals surface area contributed by atoms with Crippen molar-refractivity contribution >= 4 is 34.2 Å². The number of carbonyl (C=O) groups excluding carboxylic acids is 1. The van der Waals surface area contributed by atoms with Gasteiger partial charge in [0.1, 0.15) is 12.9 Å². The standard InChI is InChI=1S/C13H11N9O/c14-13-15-3-8-4-17-22(12(8)20-13)6-11(23)19-9-1-2-10-16-7-18-21(10)5-9/h1-5,7H,6H2,(H,19,23)(H2,14,15,20). The number of fused-ring (bicyclic) bond motifs is 2. The molecule has 0 aromatic carbocycles. The molecule has 3 N–H and O–H groups in total. The molecule has 10 nitrogen and oxygen atoms in total. The topological polar surface area (TPSA) is 129 Å². The number of carbonyl (C=O) groups is 1. The maximum atomic E-state index is 12.2. The summed E-state index contributed by atoms with van der Waals surface area (Å²) in [5, 5.41) is 11.6. The van der Waals surface area contributed by atoms with Crippen molar-refractivity contribution in [1.29, 1.82) is 0 Å². The van der Waals surface area contributed by atoms with Crippen molar-refractivity contribution in [3.05, 3.63) is 37.1 Å². The molecular formula is C13H11N9O. The van der Waals surface area contributed by atoms with Crippen LogP contribution < -0.4 is 11.1 Å². The predicted molar refractivity (Wildman–Crippen MR) is 81.4 cm³/mol. The van der Waals surface area contributed by atoms with Gasteiger partial charge in [-0.2, -0.15) is 15.2 Å². The molecule has 0 unspecified atom stereocenters. The number of aromatic nitrogens is 7. The van der Waals surface area contributed by atoms with Gasteiger partial charge in [0.25, 0.3) is 0 Å². The number of nitrogens with zero attached hydrogens (tertiary/aromatic N) is 7. The highest BCUT2D eigenvalue weighted by molar-refractivity contribution is 5.91. The van der Waals surface area contributed by atoms with Crippen LogP contribution in [0.1, 0.15) is 0 Å². The molecule has 1 amide bonds. The molecule has 23 heavy (non-hydrogen) atoms. The van der Waals surface area contributed by atoms with Crippen LogP contribution in [-0.2, 0) is 11.3 Å². The number of hydrogen-bond acceptors (Lipinski definition) is 7. The summed E-state index contributed by atoms with van der Waals surface area (Å²) in [6.45, 7) is 0.00927. The molecule has 0 atom stereocenters. The number of nitrogens with one attached hydrogen (secondary N) is 1. The smallest absolute Gasteiger partial charge is 0.246 e. The van der Waals surface area contributed by atoms with Gasteiger partial charge >= 0.3 is 0 Å². The summed E-state index contributed by atoms with van der Waals surface area (Å²) in [7, 11) is 0. The van der Waals surface area contributed by atoms with Gasteiger partial charge in [-0.3, -0.25) is 4.79 Å². The minimum Gasteiger partial charge on any atom is -0.368 e. The summed E-state index contributed by atoms with van der Waals surface area (Å²) in [6, 6.07) is 3.52. The molecule has 0 aliphatic carbocycles. The predicted octanol–water partition coefficient (Wildman–Crippen LogP) is 0.0899. The first-order valence-corrected chi connectivity index (χ1v) is 6.72. The lowest BCUT2D eigenvalue weighted by atomic mass is 10.4. The van der Waals surface area contributed by atoms with E-state index in [2.05, 4.69) is 30.5 Å². The Kier molecular flexibility index (Phi) is 2.86. The van der Waals surface area contributed by atoms with Crippen molar-refractivity contribution in [2.75, 3.05) is 11.1 Å². The van der Waals surface area contributed by atoms with E-state index in [1.165, 1.54) is 11.0 Å². The fourth-order valence-corrected chi connectivity index (χ4v) is 2.22. The van der Waals surface area contributed by atoms with Gasteiger partial charge in [-0.1, -0.05) is 0 Å². The van der Waals surface area contributed by atoms with Crippen molar-refractivity contribution < 1.29 is 4.79 Å². The molecule has 0 aliphatic rings. The number of amides is 1. The van der Waals surface area contributed by atoms with E-state index in [1.807, 2.05) is 0 Å². The summed E-state index contributed by atoms with van der Waals surface area (Å²) in [5.41, 5.74) is 7.39. The summed E-state index contributed by atoms with van der Waals surface area (Å²) in [4.78, 5) is 24.2. The Hall–Kier alpha value is -3.56. The lowest BCUT2D eigenvalue weighted by Gasteiger charge is -2.06. The quantitative estimate of drug-likeness (QED) is 0.548. The number of anilines is 2. The molecule has 0 spiro atoms. The Morgan fingerprint density at radius 1 is 1.22 bits per heavy atom. The lowest BCUT2D eigenvalue weighted by Crippen LogP contribution is -2.20. The number of pyridine rings is 1. The van der Waals surface area contributed by atoms with Crippen LogP contribution in [0.2, 0.25) is 0 Å². The number of nitrogen functional groups attached to an aromatic ring is 1. The van der Waals surface area contributed by atoms with Gasteiger partial charge in [-0.05, 0) is 12.1 Å². The molecule has 114 valence electrons. The van der Waals surface area contributed by atoms with Crippen molar-refractivity contribution in [2.24, 2.45) is 0 Å². The zero-order chi connectivity index (χ0) is 15.8. The molecule has 0 saturated heterocycles. The van der Waals surface area contributed by atoms with E-state index in [-0.39, 0.29) is 18.4 Å². The molecule has 4 rings (SSSR count). The highest BCUT2D eigenvalue weighted by Crippen LogP contribution is 2.12. The third kappa shape index (κ3) is 2.41. The number of hydrogen-bond donors (Lipinski definition) is 2. The van der Waals surface area contributed by atoms with E-state index in [0.717, 1.165) is 5.39 Å². The van der Waals surface area contributed by atoms with Gasteiger partial charge in [-0.15, -0.1) is 0 Å². The molecule has 0 bridgehead atoms. The van der Waals surface area contributed by atoms with Gasteiger partial charge in [0.2, 0.25) is 11.9 Å². The van der Waals surface area contributed by atoms with Crippen LogP contribution in [0.15, 0.2) is 37.1 Å². The Morgan fingerprint density at radius 3 is 3.04 bits per heavy atom. The molecule has 10 heteroatoms. The molecule has 0 saturated carbocycles. The summed E-state index contributed by atoms with van der Waals surface area (Å²) >= 11 is 0. The van der Waals surface area contributed by atoms with Crippen LogP contribution in [0, 0.1) is 0 Å². The number of rotatable bonds is 3. The second-order valence-corrected chi connectivity index (χ2v) is 4.84. The maximum absolute atomic E-state index is 12.2. The zero-order valence-electron chi connectivity index (χ0n) is 11.8. The lowest BCUT2D eigenvalue weighted by molar-refractivity contribution is -0.116. The Labute approximate surface area is 129 Å². The Morgan fingerprint density at radius 2 is 2.13 bits per heavy atom. The van der Waals surface area contributed by atoms with Crippen LogP contribution in [0.5, 0.6) is 0 Å². The first-order chi connectivity index (χ1) is 11.2. The summed E-state index contributed by atoms with van der Waals surface area (Å²) < 4.78 is 3.05. The van der Waals surface area contributed by atoms with Gasteiger partial charge < -0.3 is 11.1 Å². The normalized spacial score (nSPS) is 11.1. The average molecular weight is 309 g/mol. The highest BCUT2D eigenvalue weighted by atomic mass is 16.2. The second kappa shape index (κ2) is 5.02. The van der Waals surface area contributed by atoms with Crippen LogP contribution >= 0.6 is 0 Å². The van der Waals surface area contributed by atoms with Crippen LogP contribution in [0.25, 0.3) is 16.7 Å². The van der Waals surface area contributed by atoms with E-state index < -0.39 is 0 Å². The number of nitrogens with two attached hydrogens (primary N) is 1. The largest absolute Gasteiger partial charge is 0.368 e. The van der Waals surface area contributed by atoms with Crippen molar-refractivity contribution in [3.63, 3.8) is 0 Å². The van der Waals surface area contributed by atoms with Crippen LogP contribution in [0.4, 0.5) is 11.6 Å². The van der Waals surface area contributed by atoms with E-state index in [0.29, 0.717) is 17.0 Å². The van der Waals surface area contributed by atoms with Crippen LogP contribution in [0.3, 0.4) is 0 Å². The van der Waals surface area contributed by atoms with Crippen molar-refractivity contribution in [3.8, 4) is 0 Å². The van der Waals surface area contributed by atoms with E-state index >= 15 is 0 Å². The SMILES string of the molecule is Nc1ncc2cnn(CC(=O)Nc3ccc4ncnn4c3)c2n1. The van der Waals surface area contributed by atoms with Gasteiger partial charge in [0, 0.05) is 6.20 Å². The Balaban J connectivity index is 1.55. The zero-order valence-corrected chi connectivity index (χ0v) is 11.8. The third-order valence-corrected chi connectivity index (χ3v) is 3.25. The molecule has 0 radical (unpaired) electrons. The first-order valence-electron chi connectivity index (χ1n) is 6.72. The van der Waals surface area contributed by atoms with Crippen molar-refractivity contribution in [1.82, 2.24) is 34.3 Å². The van der Waals surface area contributed by atoms with E-state index in [9.17, 15) is 4.79 Å². The molecular weight excluding hydrogens is 298 g/mol. The van der Waals surface area contributed by atoms with E-state index in [1.54, 1.807) is 35.2 Å². The monoisotopic (exact) mass is 309 g/mol. The Bertz CT molecular complexity index is 1020. The molecule has 4 aromatic rings. The third-order valence-electron chi connectivity index (χ3n) is 3.25. The first kappa shape index (κ1) is 13.1. The molecule has 4 heterocycles. The van der Waals surface area contributed by atoms with Gasteiger partial charge in [0.15, 0.2) is 11.3 Å². The minimum absolute atomic E-state index is 0.00927. The summed E-state index contributed by atoms with van der Waals surface area (Å²) in [6.07, 6.45) is 6.28. The van der Waals surface area contributed by atoms with E-state index in [4.69, 9.17) is 5.73 Å². The van der Waals surface area contributed by atoms with Gasteiger partial charge in [-0.25, -0.2) is 19.2 Å². The highest BCUT2D eigenvalue weighted by Gasteiger charge is 2.10. The second-order valence-electron chi connectivity index (χ2n) is 4.84. The van der Waals surface area contributed by atoms with Gasteiger partial charge in [0.05, 0.1) is 23.5 Å². The molecule has 0 fully saturated rings. The van der Waals surface area contributed by atoms with Crippen molar-refractivity contribution in [2.45, 2.75) is 6.54 Å². The molecule has 0 aliphatic heterocycles. The summed E-state index contributed by atoms with van der Waals surface area (Å²) in [5.74, 6) is -0.108. The fraction of sp³-hybridized carbons (Fsp3) is 0.0769. The minimum atomic E-state index is -0.244. The average Bonchev–Trinajstić information content (AvgIpc) is 3.14. The maximum Gasteiger partial charge on any atom is 0.246 e. The van der Waals surface area contributed by atoms with Crippen LogP contribution in [-0.4, -0.2) is 40.3 Å². The fourth-order valence-electron chi connectivity index (χ4n) is 2.22. The molecule has 4 aromatic heterocycles.